The van der Waals surface area contributed by atoms with Crippen LogP contribution in [0.2, 0.25) is 0 Å². The molecule has 1 aromatic rings. The summed E-state index contributed by atoms with van der Waals surface area (Å²) in [4.78, 5) is 14.6. The van der Waals surface area contributed by atoms with Gasteiger partial charge in [-0.1, -0.05) is 6.07 Å². The van der Waals surface area contributed by atoms with Crippen molar-refractivity contribution in [3.8, 4) is 5.75 Å². The lowest BCUT2D eigenvalue weighted by molar-refractivity contribution is -0.168. The zero-order valence-corrected chi connectivity index (χ0v) is 13.3. The number of fused-ring (bicyclic) bond motifs is 3. The number of hydrogen-bond donors (Lipinski definition) is 1. The van der Waals surface area contributed by atoms with Crippen molar-refractivity contribution in [1.82, 2.24) is 4.90 Å². The average molecular weight is 305 g/mol. The van der Waals surface area contributed by atoms with Gasteiger partial charge < -0.3 is 14.6 Å². The molecule has 1 heterocycles. The highest BCUT2D eigenvalue weighted by Gasteiger charge is 2.51. The Morgan fingerprint density at radius 3 is 2.86 bits per heavy atom. The molecule has 1 aromatic carbocycles. The molecule has 0 radical (unpaired) electrons. The first kappa shape index (κ1) is 15.3. The highest BCUT2D eigenvalue weighted by Crippen LogP contribution is 2.50. The van der Waals surface area contributed by atoms with Crippen LogP contribution >= 0.6 is 0 Å². The van der Waals surface area contributed by atoms with E-state index in [1.807, 2.05) is 12.1 Å². The van der Waals surface area contributed by atoms with Gasteiger partial charge in [0.1, 0.15) is 5.75 Å². The third-order valence-electron chi connectivity index (χ3n) is 5.11. The number of methoxy groups -OCH3 is 2. The van der Waals surface area contributed by atoms with Crippen LogP contribution in [-0.4, -0.2) is 43.8 Å². The fraction of sp³-hybridized carbons (Fsp3) is 0.588. The van der Waals surface area contributed by atoms with Gasteiger partial charge in [0.2, 0.25) is 0 Å². The van der Waals surface area contributed by atoms with E-state index >= 15 is 0 Å². The van der Waals surface area contributed by atoms with Crippen molar-refractivity contribution in [3.05, 3.63) is 29.3 Å². The fourth-order valence-corrected chi connectivity index (χ4v) is 4.09. The van der Waals surface area contributed by atoms with Gasteiger partial charge in [0.15, 0.2) is 5.60 Å². The normalized spacial score (nSPS) is 31.1. The van der Waals surface area contributed by atoms with Gasteiger partial charge in [-0.15, -0.1) is 0 Å². The third-order valence-corrected chi connectivity index (χ3v) is 5.11. The molecule has 0 amide bonds. The molecule has 1 saturated heterocycles. The molecule has 2 aliphatic rings. The Labute approximate surface area is 130 Å². The highest BCUT2D eigenvalue weighted by atomic mass is 16.5. The molecule has 1 aliphatic heterocycles. The lowest BCUT2D eigenvalue weighted by Crippen LogP contribution is -2.49. The Hall–Kier alpha value is -1.59. The zero-order chi connectivity index (χ0) is 15.9. The molecule has 3 rings (SSSR count). The van der Waals surface area contributed by atoms with Crippen molar-refractivity contribution in [1.29, 1.82) is 0 Å². The molecule has 5 heteroatoms. The summed E-state index contributed by atoms with van der Waals surface area (Å²) in [5.41, 5.74) is 0.0404. The zero-order valence-electron chi connectivity index (χ0n) is 13.3. The molecule has 0 bridgehead atoms. The summed E-state index contributed by atoms with van der Waals surface area (Å²) in [6.07, 6.45) is 2.50. The van der Waals surface area contributed by atoms with Crippen molar-refractivity contribution in [2.45, 2.75) is 30.9 Å². The molecule has 1 fully saturated rings. The summed E-state index contributed by atoms with van der Waals surface area (Å²) >= 11 is 0. The van der Waals surface area contributed by atoms with Crippen molar-refractivity contribution >= 4 is 5.97 Å². The van der Waals surface area contributed by atoms with Crippen molar-refractivity contribution in [2.75, 3.05) is 27.8 Å². The molecule has 1 aliphatic carbocycles. The van der Waals surface area contributed by atoms with E-state index in [4.69, 9.17) is 9.47 Å². The Morgan fingerprint density at radius 2 is 2.18 bits per heavy atom. The summed E-state index contributed by atoms with van der Waals surface area (Å²) in [5, 5.41) is 11.1. The van der Waals surface area contributed by atoms with Gasteiger partial charge in [-0.2, -0.15) is 0 Å². The van der Waals surface area contributed by atoms with Crippen LogP contribution in [0.3, 0.4) is 0 Å². The fourth-order valence-electron chi connectivity index (χ4n) is 4.09. The Bertz CT molecular complexity index is 588. The molecule has 0 unspecified atom stereocenters. The molecule has 5 nitrogen and oxygen atoms in total. The monoisotopic (exact) mass is 305 g/mol. The second kappa shape index (κ2) is 5.56. The van der Waals surface area contributed by atoms with Crippen LogP contribution in [0.4, 0.5) is 0 Å². The van der Waals surface area contributed by atoms with E-state index in [-0.39, 0.29) is 12.0 Å². The van der Waals surface area contributed by atoms with Gasteiger partial charge in [0.25, 0.3) is 0 Å². The maximum absolute atomic E-state index is 12.3. The summed E-state index contributed by atoms with van der Waals surface area (Å²) in [5.74, 6) is 0.301. The van der Waals surface area contributed by atoms with Gasteiger partial charge in [-0.3, -0.25) is 4.90 Å². The third kappa shape index (κ3) is 2.20. The van der Waals surface area contributed by atoms with Gasteiger partial charge >= 0.3 is 5.97 Å². The van der Waals surface area contributed by atoms with Gasteiger partial charge in [0, 0.05) is 11.6 Å². The molecule has 3 atom stereocenters. The minimum atomic E-state index is -1.59. The predicted molar refractivity (Wildman–Crippen MR) is 81.6 cm³/mol. The Balaban J connectivity index is 2.16. The van der Waals surface area contributed by atoms with E-state index in [0.717, 1.165) is 24.9 Å². The van der Waals surface area contributed by atoms with E-state index < -0.39 is 11.6 Å². The van der Waals surface area contributed by atoms with Crippen LogP contribution < -0.4 is 4.74 Å². The van der Waals surface area contributed by atoms with Gasteiger partial charge in [0.05, 0.1) is 14.2 Å². The number of hydrogen-bond acceptors (Lipinski definition) is 5. The molecule has 0 spiro atoms. The number of esters is 1. The molecular weight excluding hydrogens is 282 g/mol. The van der Waals surface area contributed by atoms with Crippen LogP contribution in [0.5, 0.6) is 5.75 Å². The maximum atomic E-state index is 12.3. The minimum absolute atomic E-state index is 0.236. The van der Waals surface area contributed by atoms with Crippen molar-refractivity contribution < 1.29 is 19.4 Å². The first-order valence-electron chi connectivity index (χ1n) is 7.70. The quantitative estimate of drug-likeness (QED) is 0.845. The van der Waals surface area contributed by atoms with E-state index in [9.17, 15) is 9.90 Å². The summed E-state index contributed by atoms with van der Waals surface area (Å²) < 4.78 is 10.2. The number of benzene rings is 1. The summed E-state index contributed by atoms with van der Waals surface area (Å²) in [6.45, 7) is 1.03. The Morgan fingerprint density at radius 1 is 1.41 bits per heavy atom. The lowest BCUT2D eigenvalue weighted by Gasteiger charge is -2.47. The second-order valence-corrected chi connectivity index (χ2v) is 6.34. The first-order chi connectivity index (χ1) is 10.5. The van der Waals surface area contributed by atoms with E-state index in [1.54, 1.807) is 13.2 Å². The Kier molecular flexibility index (Phi) is 3.87. The predicted octanol–water partition coefficient (Wildman–Crippen LogP) is 1.84. The lowest BCUT2D eigenvalue weighted by atomic mass is 9.68. The van der Waals surface area contributed by atoms with E-state index in [0.29, 0.717) is 17.7 Å². The number of ether oxygens (including phenoxy) is 2. The molecule has 120 valence electrons. The number of carbonyl (C=O) groups is 1. The van der Waals surface area contributed by atoms with Gasteiger partial charge in [-0.05, 0) is 56.5 Å². The number of piperidine rings is 1. The molecule has 0 aromatic heterocycles. The number of aliphatic hydroxyl groups is 1. The van der Waals surface area contributed by atoms with Crippen molar-refractivity contribution in [3.63, 3.8) is 0 Å². The average Bonchev–Trinajstić information content (AvgIpc) is 2.53. The van der Waals surface area contributed by atoms with Crippen LogP contribution in [-0.2, 0) is 15.1 Å². The molecule has 0 saturated carbocycles. The smallest absolute Gasteiger partial charge is 0.342 e. The SMILES string of the molecule is COC(=O)[C@@]1(O)C[C@H]2CCCN(C)[C@H]2c2ccc(OC)cc21. The van der Waals surface area contributed by atoms with Crippen LogP contribution in [0, 0.1) is 5.92 Å². The maximum Gasteiger partial charge on any atom is 0.342 e. The van der Waals surface area contributed by atoms with Crippen LogP contribution in [0.15, 0.2) is 18.2 Å². The summed E-state index contributed by atoms with van der Waals surface area (Å²) in [7, 11) is 5.00. The van der Waals surface area contributed by atoms with Crippen LogP contribution in [0.1, 0.15) is 36.4 Å². The number of nitrogens with zero attached hydrogens (tertiary/aromatic N) is 1. The topological polar surface area (TPSA) is 59.0 Å². The van der Waals surface area contributed by atoms with E-state index in [1.165, 1.54) is 7.11 Å². The van der Waals surface area contributed by atoms with Gasteiger partial charge in [-0.25, -0.2) is 4.79 Å². The minimum Gasteiger partial charge on any atom is -0.497 e. The van der Waals surface area contributed by atoms with Crippen LogP contribution in [0.25, 0.3) is 0 Å². The standard InChI is InChI=1S/C17H23NO4/c1-18-8-4-5-11-10-17(20,16(19)22-3)14-9-12(21-2)6-7-13(14)15(11)18/h6-7,9,11,15,20H,4-5,8,10H2,1-3H3/t11-,15-,17-/m1/s1. The first-order valence-corrected chi connectivity index (χ1v) is 7.70. The summed E-state index contributed by atoms with van der Waals surface area (Å²) in [6, 6.07) is 5.87. The number of carbonyl (C=O) groups excluding carboxylic acids is 1. The van der Waals surface area contributed by atoms with Crippen molar-refractivity contribution in [2.24, 2.45) is 5.92 Å². The highest BCUT2D eigenvalue weighted by molar-refractivity contribution is 5.82. The number of likely N-dealkylation sites (tertiary alicyclic amines) is 1. The van der Waals surface area contributed by atoms with E-state index in [2.05, 4.69) is 11.9 Å². The molecule has 22 heavy (non-hydrogen) atoms. The molecular formula is C17H23NO4. The second-order valence-electron chi connectivity index (χ2n) is 6.34. The molecule has 1 N–H and O–H groups in total. The largest absolute Gasteiger partial charge is 0.497 e. The number of rotatable bonds is 2.